The average molecular weight is 388 g/mol. The van der Waals surface area contributed by atoms with Crippen molar-refractivity contribution in [3.05, 3.63) is 11.8 Å². The highest BCUT2D eigenvalue weighted by Crippen LogP contribution is 2.36. The molecule has 0 fully saturated rings. The predicted octanol–water partition coefficient (Wildman–Crippen LogP) is 4.76. The Morgan fingerprint density at radius 1 is 1.04 bits per heavy atom. The summed E-state index contributed by atoms with van der Waals surface area (Å²) >= 11 is 0. The Labute approximate surface area is 159 Å². The second kappa shape index (κ2) is 10.1. The molecule has 0 heterocycles. The monoisotopic (exact) mass is 387 g/mol. The number of methoxy groups -OCH3 is 1. The zero-order chi connectivity index (χ0) is 20.6. The number of carbonyl (C=O) groups excluding carboxylic acids is 2. The summed E-state index contributed by atoms with van der Waals surface area (Å²) in [5, 5.41) is 2.66. The molecule has 0 saturated carbocycles. The highest BCUT2D eigenvalue weighted by molar-refractivity contribution is 6.74. The molecular formula is C19H37NO5Si. The molecule has 7 heteroatoms. The molecule has 1 amide bonds. The molecule has 0 spiro atoms. The van der Waals surface area contributed by atoms with Crippen LogP contribution in [0.15, 0.2) is 11.8 Å². The van der Waals surface area contributed by atoms with Gasteiger partial charge >= 0.3 is 12.1 Å². The first kappa shape index (κ1) is 24.7. The molecule has 0 radical (unpaired) electrons. The van der Waals surface area contributed by atoms with Crippen molar-refractivity contribution in [3.63, 3.8) is 0 Å². The van der Waals surface area contributed by atoms with E-state index in [0.29, 0.717) is 13.0 Å². The Morgan fingerprint density at radius 2 is 1.62 bits per heavy atom. The molecule has 0 aliphatic carbocycles. The summed E-state index contributed by atoms with van der Waals surface area (Å²) in [5.41, 5.74) is -0.529. The number of alkyl carbamates (subject to hydrolysis) is 1. The Balaban J connectivity index is 4.48. The Hall–Kier alpha value is -1.34. The summed E-state index contributed by atoms with van der Waals surface area (Å²) in [5.74, 6) is -0.589. The predicted molar refractivity (Wildman–Crippen MR) is 106 cm³/mol. The van der Waals surface area contributed by atoms with E-state index in [-0.39, 0.29) is 10.7 Å². The molecule has 0 rings (SSSR count). The highest BCUT2D eigenvalue weighted by atomic mass is 28.4. The van der Waals surface area contributed by atoms with Crippen LogP contribution in [0.3, 0.4) is 0 Å². The van der Waals surface area contributed by atoms with Gasteiger partial charge in [0.2, 0.25) is 0 Å². The molecule has 1 N–H and O–H groups in total. The van der Waals surface area contributed by atoms with E-state index >= 15 is 0 Å². The molecule has 0 unspecified atom stereocenters. The summed E-state index contributed by atoms with van der Waals surface area (Å²) in [7, 11) is -0.441. The first-order valence-electron chi connectivity index (χ1n) is 9.12. The fourth-order valence-corrected chi connectivity index (χ4v) is 2.83. The molecule has 0 aromatic carbocycles. The quantitative estimate of drug-likeness (QED) is 0.281. The van der Waals surface area contributed by atoms with Gasteiger partial charge in [0, 0.05) is 6.61 Å². The van der Waals surface area contributed by atoms with Crippen LogP contribution in [0.25, 0.3) is 0 Å². The SMILES string of the molecule is COC(=O)C(=CCCCCO[Si](C)(C)C(C)(C)C)NC(=O)OC(C)(C)C. The maximum atomic E-state index is 11.8. The minimum Gasteiger partial charge on any atom is -0.464 e. The number of rotatable bonds is 8. The zero-order valence-corrected chi connectivity index (χ0v) is 18.9. The van der Waals surface area contributed by atoms with Crippen molar-refractivity contribution in [2.75, 3.05) is 13.7 Å². The number of allylic oxidation sites excluding steroid dienone is 1. The molecule has 152 valence electrons. The standard InChI is InChI=1S/C19H37NO5Si/c1-18(2,3)25-17(22)20-15(16(21)23-7)13-11-10-12-14-24-26(8,9)19(4,5)6/h13H,10-12,14H2,1-9H3,(H,20,22). The van der Waals surface area contributed by atoms with Crippen LogP contribution in [0, 0.1) is 0 Å². The van der Waals surface area contributed by atoms with E-state index in [4.69, 9.17) is 13.9 Å². The van der Waals surface area contributed by atoms with Crippen LogP contribution in [0.1, 0.15) is 60.8 Å². The fourth-order valence-electron chi connectivity index (χ4n) is 1.75. The third-order valence-electron chi connectivity index (χ3n) is 4.26. The molecule has 26 heavy (non-hydrogen) atoms. The van der Waals surface area contributed by atoms with Gasteiger partial charge < -0.3 is 13.9 Å². The van der Waals surface area contributed by atoms with E-state index in [1.54, 1.807) is 26.8 Å². The molecule has 0 atom stereocenters. The van der Waals surface area contributed by atoms with Crippen molar-refractivity contribution in [1.29, 1.82) is 0 Å². The average Bonchev–Trinajstić information content (AvgIpc) is 2.45. The summed E-state index contributed by atoms with van der Waals surface area (Å²) in [6, 6.07) is 0. The van der Waals surface area contributed by atoms with Gasteiger partial charge in [0.05, 0.1) is 7.11 Å². The van der Waals surface area contributed by atoms with Gasteiger partial charge in [-0.05, 0) is 58.2 Å². The van der Waals surface area contributed by atoms with Gasteiger partial charge in [-0.1, -0.05) is 26.8 Å². The van der Waals surface area contributed by atoms with Crippen molar-refractivity contribution >= 4 is 20.4 Å². The van der Waals surface area contributed by atoms with Crippen molar-refractivity contribution in [3.8, 4) is 0 Å². The first-order valence-corrected chi connectivity index (χ1v) is 12.0. The van der Waals surface area contributed by atoms with E-state index in [2.05, 4.69) is 39.2 Å². The lowest BCUT2D eigenvalue weighted by atomic mass is 10.2. The summed E-state index contributed by atoms with van der Waals surface area (Å²) < 4.78 is 16.0. The smallest absolute Gasteiger partial charge is 0.412 e. The van der Waals surface area contributed by atoms with E-state index in [0.717, 1.165) is 12.8 Å². The molecule has 0 bridgehead atoms. The van der Waals surface area contributed by atoms with Crippen molar-refractivity contribution < 1.29 is 23.5 Å². The molecule has 0 aromatic heterocycles. The second-order valence-corrected chi connectivity index (χ2v) is 13.7. The van der Waals surface area contributed by atoms with Gasteiger partial charge in [-0.15, -0.1) is 0 Å². The van der Waals surface area contributed by atoms with Crippen LogP contribution in [0.2, 0.25) is 18.1 Å². The fraction of sp³-hybridized carbons (Fsp3) is 0.789. The molecule has 6 nitrogen and oxygen atoms in total. The Bertz CT molecular complexity index is 501. The van der Waals surface area contributed by atoms with Crippen molar-refractivity contribution in [2.24, 2.45) is 0 Å². The number of esters is 1. The van der Waals surface area contributed by atoms with Crippen LogP contribution in [0.4, 0.5) is 4.79 Å². The number of ether oxygens (including phenoxy) is 2. The third-order valence-corrected chi connectivity index (χ3v) is 8.80. The maximum Gasteiger partial charge on any atom is 0.412 e. The van der Waals surface area contributed by atoms with Gasteiger partial charge in [-0.25, -0.2) is 9.59 Å². The topological polar surface area (TPSA) is 73.9 Å². The van der Waals surface area contributed by atoms with E-state index < -0.39 is 26.0 Å². The number of unbranched alkanes of at least 4 members (excludes halogenated alkanes) is 2. The van der Waals surface area contributed by atoms with Crippen molar-refractivity contribution in [1.82, 2.24) is 5.32 Å². The van der Waals surface area contributed by atoms with Gasteiger partial charge in [0.15, 0.2) is 8.32 Å². The second-order valence-electron chi connectivity index (χ2n) is 8.84. The maximum absolute atomic E-state index is 11.8. The zero-order valence-electron chi connectivity index (χ0n) is 17.9. The number of hydrogen-bond acceptors (Lipinski definition) is 5. The first-order chi connectivity index (χ1) is 11.7. The number of hydrogen-bond donors (Lipinski definition) is 1. The Kier molecular flexibility index (Phi) is 9.59. The van der Waals surface area contributed by atoms with Gasteiger partial charge in [0.1, 0.15) is 11.3 Å². The number of nitrogens with one attached hydrogen (secondary N) is 1. The largest absolute Gasteiger partial charge is 0.464 e. The lowest BCUT2D eigenvalue weighted by Gasteiger charge is -2.36. The van der Waals surface area contributed by atoms with Crippen molar-refractivity contribution in [2.45, 2.75) is 84.5 Å². The van der Waals surface area contributed by atoms with E-state index in [1.807, 2.05) is 0 Å². The van der Waals surface area contributed by atoms with Crippen LogP contribution in [-0.4, -0.2) is 39.7 Å². The van der Waals surface area contributed by atoms with Gasteiger partial charge in [-0.3, -0.25) is 5.32 Å². The number of carbonyl (C=O) groups is 2. The molecule has 0 aliphatic heterocycles. The normalized spacial score (nSPS) is 13.3. The molecule has 0 aromatic rings. The van der Waals surface area contributed by atoms with Crippen LogP contribution in [-0.2, 0) is 18.7 Å². The minimum absolute atomic E-state index is 0.104. The lowest BCUT2D eigenvalue weighted by molar-refractivity contribution is -0.136. The number of amides is 1. The van der Waals surface area contributed by atoms with Crippen LogP contribution in [0.5, 0.6) is 0 Å². The summed E-state index contributed by atoms with van der Waals surface area (Å²) in [4.78, 5) is 23.6. The summed E-state index contributed by atoms with van der Waals surface area (Å²) in [6.45, 7) is 17.1. The van der Waals surface area contributed by atoms with E-state index in [9.17, 15) is 9.59 Å². The summed E-state index contributed by atoms with van der Waals surface area (Å²) in [6.07, 6.45) is 3.38. The third kappa shape index (κ3) is 9.96. The van der Waals surface area contributed by atoms with E-state index in [1.165, 1.54) is 7.11 Å². The molecule has 0 saturated heterocycles. The lowest BCUT2D eigenvalue weighted by Crippen LogP contribution is -2.40. The molecule has 0 aliphatic rings. The van der Waals surface area contributed by atoms with Gasteiger partial charge in [0.25, 0.3) is 0 Å². The molecular weight excluding hydrogens is 350 g/mol. The van der Waals surface area contributed by atoms with Crippen LogP contribution >= 0.6 is 0 Å². The van der Waals surface area contributed by atoms with Gasteiger partial charge in [-0.2, -0.15) is 0 Å². The minimum atomic E-state index is -1.72. The highest BCUT2D eigenvalue weighted by Gasteiger charge is 2.36. The van der Waals surface area contributed by atoms with Crippen LogP contribution < -0.4 is 5.32 Å². The Morgan fingerprint density at radius 3 is 2.08 bits per heavy atom.